The summed E-state index contributed by atoms with van der Waals surface area (Å²) in [6.45, 7) is 3.46. The van der Waals surface area contributed by atoms with Gasteiger partial charge in [0.25, 0.3) is 11.5 Å². The highest BCUT2D eigenvalue weighted by atomic mass is 16.2. The second kappa shape index (κ2) is 6.31. The molecule has 1 saturated heterocycles. The zero-order valence-electron chi connectivity index (χ0n) is 11.5. The Kier molecular flexibility index (Phi) is 4.49. The van der Waals surface area contributed by atoms with Crippen molar-refractivity contribution in [1.82, 2.24) is 20.0 Å². The molecule has 7 nitrogen and oxygen atoms in total. The molecule has 0 aromatic carbocycles. The fraction of sp³-hybridized carbons (Fsp3) is 0.538. The molecule has 0 radical (unpaired) electrons. The van der Waals surface area contributed by atoms with Crippen molar-refractivity contribution >= 4 is 11.8 Å². The van der Waals surface area contributed by atoms with Crippen LogP contribution in [0.15, 0.2) is 16.9 Å². The lowest BCUT2D eigenvalue weighted by atomic mass is 10.3. The van der Waals surface area contributed by atoms with E-state index in [0.29, 0.717) is 19.6 Å². The first-order valence-electron chi connectivity index (χ1n) is 6.76. The first-order chi connectivity index (χ1) is 9.61. The Morgan fingerprint density at radius 2 is 2.20 bits per heavy atom. The maximum atomic E-state index is 12.3. The minimum absolute atomic E-state index is 0.0363. The Morgan fingerprint density at radius 1 is 1.40 bits per heavy atom. The zero-order chi connectivity index (χ0) is 14.5. The van der Waals surface area contributed by atoms with E-state index in [4.69, 9.17) is 0 Å². The van der Waals surface area contributed by atoms with Crippen molar-refractivity contribution in [3.63, 3.8) is 0 Å². The van der Waals surface area contributed by atoms with Gasteiger partial charge in [0.1, 0.15) is 5.69 Å². The van der Waals surface area contributed by atoms with E-state index in [1.54, 1.807) is 0 Å². The predicted octanol–water partition coefficient (Wildman–Crippen LogP) is -0.385. The molecule has 7 heteroatoms. The molecule has 1 aliphatic rings. The lowest BCUT2D eigenvalue weighted by Gasteiger charge is -2.26. The van der Waals surface area contributed by atoms with E-state index in [2.05, 4.69) is 10.4 Å². The third-order valence-electron chi connectivity index (χ3n) is 3.13. The van der Waals surface area contributed by atoms with Crippen LogP contribution in [0.2, 0.25) is 0 Å². The number of aromatic nitrogens is 2. The van der Waals surface area contributed by atoms with Crippen LogP contribution in [0.4, 0.5) is 0 Å². The highest BCUT2D eigenvalue weighted by molar-refractivity contribution is 5.95. The van der Waals surface area contributed by atoms with Crippen molar-refractivity contribution in [3.8, 4) is 0 Å². The van der Waals surface area contributed by atoms with Crippen LogP contribution in [-0.4, -0.2) is 46.1 Å². The summed E-state index contributed by atoms with van der Waals surface area (Å²) in [6, 6.07) is 2.76. The molecule has 0 unspecified atom stereocenters. The number of hydrogen-bond donors (Lipinski definition) is 1. The molecule has 2 heterocycles. The van der Waals surface area contributed by atoms with Crippen molar-refractivity contribution in [3.05, 3.63) is 28.2 Å². The van der Waals surface area contributed by atoms with Gasteiger partial charge in [-0.05, 0) is 12.5 Å². The van der Waals surface area contributed by atoms with Gasteiger partial charge in [0.05, 0.1) is 6.54 Å². The third-order valence-corrected chi connectivity index (χ3v) is 3.13. The molecular weight excluding hydrogens is 260 g/mol. The molecule has 108 valence electrons. The Morgan fingerprint density at radius 3 is 2.90 bits per heavy atom. The molecule has 1 N–H and O–H groups in total. The standard InChI is InChI=1S/C13H18N4O3/c1-2-3-7-17-12(19)5-4-10(15-17)13(20)16-8-6-14-11(18)9-16/h4-5H,2-3,6-9H2,1H3,(H,14,18). The number of rotatable bonds is 4. The van der Waals surface area contributed by atoms with Crippen LogP contribution in [0.3, 0.4) is 0 Å². The number of amides is 2. The second-order valence-corrected chi connectivity index (χ2v) is 4.71. The first-order valence-corrected chi connectivity index (χ1v) is 6.76. The fourth-order valence-corrected chi connectivity index (χ4v) is 2.00. The van der Waals surface area contributed by atoms with Gasteiger partial charge in [0.2, 0.25) is 5.91 Å². The maximum Gasteiger partial charge on any atom is 0.274 e. The molecular formula is C13H18N4O3. The lowest BCUT2D eigenvalue weighted by molar-refractivity contribution is -0.123. The van der Waals surface area contributed by atoms with Gasteiger partial charge in [0.15, 0.2) is 0 Å². The van der Waals surface area contributed by atoms with E-state index in [0.717, 1.165) is 12.8 Å². The minimum Gasteiger partial charge on any atom is -0.353 e. The van der Waals surface area contributed by atoms with Crippen molar-refractivity contribution in [1.29, 1.82) is 0 Å². The maximum absolute atomic E-state index is 12.3. The molecule has 0 bridgehead atoms. The van der Waals surface area contributed by atoms with Crippen LogP contribution in [0.1, 0.15) is 30.3 Å². The summed E-state index contributed by atoms with van der Waals surface area (Å²) in [6.07, 6.45) is 1.77. The van der Waals surface area contributed by atoms with Crippen LogP contribution < -0.4 is 10.9 Å². The summed E-state index contributed by atoms with van der Waals surface area (Å²) < 4.78 is 1.31. The molecule has 2 rings (SSSR count). The van der Waals surface area contributed by atoms with Gasteiger partial charge in [-0.15, -0.1) is 0 Å². The summed E-state index contributed by atoms with van der Waals surface area (Å²) in [7, 11) is 0. The van der Waals surface area contributed by atoms with Crippen LogP contribution in [0, 0.1) is 0 Å². The van der Waals surface area contributed by atoms with E-state index in [9.17, 15) is 14.4 Å². The normalized spacial score (nSPS) is 15.1. The molecule has 1 aromatic heterocycles. The largest absolute Gasteiger partial charge is 0.353 e. The van der Waals surface area contributed by atoms with E-state index in [1.165, 1.54) is 21.7 Å². The number of hydrogen-bond acceptors (Lipinski definition) is 4. The van der Waals surface area contributed by atoms with E-state index >= 15 is 0 Å². The van der Waals surface area contributed by atoms with Gasteiger partial charge in [0, 0.05) is 25.7 Å². The van der Waals surface area contributed by atoms with Crippen LogP contribution >= 0.6 is 0 Å². The van der Waals surface area contributed by atoms with Gasteiger partial charge >= 0.3 is 0 Å². The minimum atomic E-state index is -0.315. The van der Waals surface area contributed by atoms with Crippen molar-refractivity contribution in [2.45, 2.75) is 26.3 Å². The number of nitrogens with one attached hydrogen (secondary N) is 1. The summed E-state index contributed by atoms with van der Waals surface area (Å²) in [5, 5.41) is 6.75. The lowest BCUT2D eigenvalue weighted by Crippen LogP contribution is -2.50. The summed E-state index contributed by atoms with van der Waals surface area (Å²) in [5.74, 6) is -0.492. The zero-order valence-corrected chi connectivity index (χ0v) is 11.5. The molecule has 0 saturated carbocycles. The summed E-state index contributed by atoms with van der Waals surface area (Å²) >= 11 is 0. The molecule has 1 aromatic rings. The number of unbranched alkanes of at least 4 members (excludes halogenated alkanes) is 1. The number of piperazine rings is 1. The van der Waals surface area contributed by atoms with Crippen molar-refractivity contribution < 1.29 is 9.59 Å². The van der Waals surface area contributed by atoms with Gasteiger partial charge in [-0.2, -0.15) is 5.10 Å². The smallest absolute Gasteiger partial charge is 0.274 e. The molecule has 0 atom stereocenters. The van der Waals surface area contributed by atoms with E-state index < -0.39 is 0 Å². The first kappa shape index (κ1) is 14.2. The Hall–Kier alpha value is -2.18. The SMILES string of the molecule is CCCCn1nc(C(=O)N2CCNC(=O)C2)ccc1=O. The second-order valence-electron chi connectivity index (χ2n) is 4.71. The average molecular weight is 278 g/mol. The van der Waals surface area contributed by atoms with Crippen LogP contribution in [-0.2, 0) is 11.3 Å². The molecule has 0 aliphatic carbocycles. The highest BCUT2D eigenvalue weighted by Gasteiger charge is 2.23. The van der Waals surface area contributed by atoms with Crippen LogP contribution in [0.5, 0.6) is 0 Å². The Bertz CT molecular complexity index is 567. The molecule has 2 amide bonds. The molecule has 0 spiro atoms. The molecule has 1 aliphatic heterocycles. The average Bonchev–Trinajstić information content (AvgIpc) is 2.45. The fourth-order valence-electron chi connectivity index (χ4n) is 2.00. The summed E-state index contributed by atoms with van der Waals surface area (Å²) in [5.41, 5.74) is -0.0122. The van der Waals surface area contributed by atoms with Gasteiger partial charge in [-0.3, -0.25) is 14.4 Å². The quantitative estimate of drug-likeness (QED) is 0.813. The molecule has 1 fully saturated rings. The van der Waals surface area contributed by atoms with Crippen molar-refractivity contribution in [2.24, 2.45) is 0 Å². The van der Waals surface area contributed by atoms with E-state index in [1.807, 2.05) is 6.92 Å². The highest BCUT2D eigenvalue weighted by Crippen LogP contribution is 2.02. The van der Waals surface area contributed by atoms with Gasteiger partial charge in [-0.1, -0.05) is 13.3 Å². The number of nitrogens with zero attached hydrogens (tertiary/aromatic N) is 3. The molecule has 20 heavy (non-hydrogen) atoms. The monoisotopic (exact) mass is 278 g/mol. The number of aryl methyl sites for hydroxylation is 1. The van der Waals surface area contributed by atoms with Crippen molar-refractivity contribution in [2.75, 3.05) is 19.6 Å². The topological polar surface area (TPSA) is 84.3 Å². The van der Waals surface area contributed by atoms with E-state index in [-0.39, 0.29) is 29.6 Å². The summed E-state index contributed by atoms with van der Waals surface area (Å²) in [4.78, 5) is 36.6. The predicted molar refractivity (Wildman–Crippen MR) is 72.3 cm³/mol. The van der Waals surface area contributed by atoms with Gasteiger partial charge in [-0.25, -0.2) is 4.68 Å². The van der Waals surface area contributed by atoms with Gasteiger partial charge < -0.3 is 10.2 Å². The number of carbonyl (C=O) groups is 2. The number of carbonyl (C=O) groups excluding carboxylic acids is 2. The van der Waals surface area contributed by atoms with Crippen LogP contribution in [0.25, 0.3) is 0 Å². The third kappa shape index (κ3) is 3.23. The Balaban J connectivity index is 2.17. The Labute approximate surface area is 116 Å².